The van der Waals surface area contributed by atoms with E-state index in [0.29, 0.717) is 0 Å². The van der Waals surface area contributed by atoms with Gasteiger partial charge in [0.1, 0.15) is 0 Å². The predicted molar refractivity (Wildman–Crippen MR) is 92.2 cm³/mol. The third kappa shape index (κ3) is 9.83. The van der Waals surface area contributed by atoms with E-state index in [2.05, 4.69) is 13.8 Å². The van der Waals surface area contributed by atoms with Crippen LogP contribution in [0.5, 0.6) is 0 Å². The highest BCUT2D eigenvalue weighted by atomic mass is 14.4. The van der Waals surface area contributed by atoms with Crippen molar-refractivity contribution >= 4 is 0 Å². The van der Waals surface area contributed by atoms with Gasteiger partial charge in [-0.25, -0.2) is 0 Å². The molecule has 0 nitrogen and oxygen atoms in total. The Balaban J connectivity index is 1.75. The van der Waals surface area contributed by atoms with Gasteiger partial charge in [-0.2, -0.15) is 0 Å². The van der Waals surface area contributed by atoms with E-state index >= 15 is 0 Å². The van der Waals surface area contributed by atoms with Crippen LogP contribution < -0.4 is 0 Å². The van der Waals surface area contributed by atoms with Crippen LogP contribution in [-0.2, 0) is 0 Å². The topological polar surface area (TPSA) is 0 Å². The van der Waals surface area contributed by atoms with E-state index in [9.17, 15) is 0 Å². The van der Waals surface area contributed by atoms with Crippen LogP contribution in [-0.4, -0.2) is 0 Å². The van der Waals surface area contributed by atoms with Crippen LogP contribution >= 0.6 is 0 Å². The number of rotatable bonds is 15. The van der Waals surface area contributed by atoms with Crippen LogP contribution in [0.15, 0.2) is 0 Å². The minimum Gasteiger partial charge on any atom is -0.0654 e. The molecular formula is C20H40. The van der Waals surface area contributed by atoms with Gasteiger partial charge in [0.05, 0.1) is 0 Å². The van der Waals surface area contributed by atoms with E-state index in [4.69, 9.17) is 0 Å². The van der Waals surface area contributed by atoms with Crippen LogP contribution in [0.2, 0.25) is 0 Å². The maximum atomic E-state index is 2.30. The summed E-state index contributed by atoms with van der Waals surface area (Å²) in [4.78, 5) is 0. The van der Waals surface area contributed by atoms with E-state index in [0.717, 1.165) is 11.8 Å². The number of hydrogen-bond donors (Lipinski definition) is 0. The molecule has 2 atom stereocenters. The molecule has 1 aliphatic rings. The van der Waals surface area contributed by atoms with E-state index in [1.807, 2.05) is 0 Å². The zero-order valence-electron chi connectivity index (χ0n) is 14.5. The van der Waals surface area contributed by atoms with Crippen molar-refractivity contribution in [1.29, 1.82) is 0 Å². The van der Waals surface area contributed by atoms with Crippen molar-refractivity contribution in [2.24, 2.45) is 11.8 Å². The minimum atomic E-state index is 1.14. The van der Waals surface area contributed by atoms with Crippen molar-refractivity contribution in [1.82, 2.24) is 0 Å². The lowest BCUT2D eigenvalue weighted by Gasteiger charge is -2.02. The second kappa shape index (κ2) is 12.7. The molecule has 1 rings (SSSR count). The third-order valence-electron chi connectivity index (χ3n) is 5.18. The highest BCUT2D eigenvalue weighted by molar-refractivity contribution is 4.85. The Bertz CT molecular complexity index is 196. The summed E-state index contributed by atoms with van der Waals surface area (Å²) in [6, 6.07) is 0. The fourth-order valence-corrected chi connectivity index (χ4v) is 3.57. The van der Waals surface area contributed by atoms with Gasteiger partial charge in [-0.05, 0) is 18.3 Å². The molecule has 0 N–H and O–H groups in total. The Morgan fingerprint density at radius 2 is 0.850 bits per heavy atom. The summed E-state index contributed by atoms with van der Waals surface area (Å²) < 4.78 is 0. The van der Waals surface area contributed by atoms with Gasteiger partial charge in [0.25, 0.3) is 0 Å². The molecule has 120 valence electrons. The summed E-state index contributed by atoms with van der Waals surface area (Å²) in [6.07, 6.45) is 23.8. The average molecular weight is 281 g/mol. The first-order chi connectivity index (χ1) is 9.88. The standard InChI is InChI=1S/C20H40/c1-3-5-7-9-11-13-15-17-20-18-19(20)16-14-12-10-8-6-4-2/h19-20H,3-18H2,1-2H3. The number of unbranched alkanes of at least 4 members (excludes halogenated alkanes) is 11. The van der Waals surface area contributed by atoms with E-state index in [1.165, 1.54) is 83.5 Å². The maximum Gasteiger partial charge on any atom is -0.0383 e. The summed E-state index contributed by atoms with van der Waals surface area (Å²) >= 11 is 0. The van der Waals surface area contributed by atoms with Crippen molar-refractivity contribution in [3.8, 4) is 0 Å². The van der Waals surface area contributed by atoms with Crippen molar-refractivity contribution in [3.05, 3.63) is 0 Å². The molecule has 0 heterocycles. The Kier molecular flexibility index (Phi) is 11.5. The summed E-state index contributed by atoms with van der Waals surface area (Å²) in [5.74, 6) is 2.28. The third-order valence-corrected chi connectivity index (χ3v) is 5.18. The molecule has 20 heavy (non-hydrogen) atoms. The molecule has 0 saturated heterocycles. The van der Waals surface area contributed by atoms with Crippen LogP contribution in [0.4, 0.5) is 0 Å². The highest BCUT2D eigenvalue weighted by Gasteiger charge is 2.34. The molecule has 1 fully saturated rings. The SMILES string of the molecule is CCCCCCCCCC1CC1CCCCCCCC. The Hall–Kier alpha value is 0. The largest absolute Gasteiger partial charge is 0.0654 e. The average Bonchev–Trinajstić information content (AvgIpc) is 3.20. The summed E-state index contributed by atoms with van der Waals surface area (Å²) in [5.41, 5.74) is 0. The van der Waals surface area contributed by atoms with Crippen molar-refractivity contribution in [3.63, 3.8) is 0 Å². The smallest absolute Gasteiger partial charge is 0.0383 e. The summed E-state index contributed by atoms with van der Waals surface area (Å²) in [6.45, 7) is 4.61. The lowest BCUT2D eigenvalue weighted by atomic mass is 10.0. The zero-order valence-corrected chi connectivity index (χ0v) is 14.5. The second-order valence-corrected chi connectivity index (χ2v) is 7.22. The molecule has 1 aliphatic carbocycles. The first-order valence-corrected chi connectivity index (χ1v) is 9.88. The first-order valence-electron chi connectivity index (χ1n) is 9.88. The van der Waals surface area contributed by atoms with Crippen molar-refractivity contribution in [2.45, 2.75) is 117 Å². The quantitative estimate of drug-likeness (QED) is 0.272. The van der Waals surface area contributed by atoms with Gasteiger partial charge in [-0.1, -0.05) is 110 Å². The van der Waals surface area contributed by atoms with E-state index in [-0.39, 0.29) is 0 Å². The highest BCUT2D eigenvalue weighted by Crippen LogP contribution is 2.45. The molecule has 1 saturated carbocycles. The monoisotopic (exact) mass is 280 g/mol. The molecule has 0 spiro atoms. The number of hydrogen-bond acceptors (Lipinski definition) is 0. The van der Waals surface area contributed by atoms with Gasteiger partial charge >= 0.3 is 0 Å². The maximum absolute atomic E-state index is 2.30. The molecule has 0 radical (unpaired) electrons. The van der Waals surface area contributed by atoms with Gasteiger partial charge in [0.2, 0.25) is 0 Å². The molecular weight excluding hydrogens is 240 g/mol. The normalized spacial score (nSPS) is 21.3. The van der Waals surface area contributed by atoms with E-state index in [1.54, 1.807) is 19.3 Å². The van der Waals surface area contributed by atoms with Gasteiger partial charge in [0, 0.05) is 0 Å². The zero-order chi connectivity index (χ0) is 14.5. The molecule has 0 aromatic carbocycles. The molecule has 0 aromatic heterocycles. The van der Waals surface area contributed by atoms with Crippen LogP contribution in [0, 0.1) is 11.8 Å². The fraction of sp³-hybridized carbons (Fsp3) is 1.00. The molecule has 0 heteroatoms. The lowest BCUT2D eigenvalue weighted by Crippen LogP contribution is -1.87. The van der Waals surface area contributed by atoms with Gasteiger partial charge in [0.15, 0.2) is 0 Å². The second-order valence-electron chi connectivity index (χ2n) is 7.22. The van der Waals surface area contributed by atoms with Crippen LogP contribution in [0.1, 0.15) is 117 Å². The predicted octanol–water partition coefficient (Wildman–Crippen LogP) is 7.51. The Morgan fingerprint density at radius 3 is 1.25 bits per heavy atom. The van der Waals surface area contributed by atoms with Crippen molar-refractivity contribution in [2.75, 3.05) is 0 Å². The molecule has 0 aromatic rings. The van der Waals surface area contributed by atoms with Gasteiger partial charge < -0.3 is 0 Å². The summed E-state index contributed by atoms with van der Waals surface area (Å²) in [7, 11) is 0. The molecule has 0 aliphatic heterocycles. The molecule has 0 bridgehead atoms. The van der Waals surface area contributed by atoms with Crippen molar-refractivity contribution < 1.29 is 0 Å². The minimum absolute atomic E-state index is 1.14. The van der Waals surface area contributed by atoms with Gasteiger partial charge in [-0.15, -0.1) is 0 Å². The Morgan fingerprint density at radius 1 is 0.500 bits per heavy atom. The lowest BCUT2D eigenvalue weighted by molar-refractivity contribution is 0.513. The van der Waals surface area contributed by atoms with E-state index < -0.39 is 0 Å². The molecule has 2 unspecified atom stereocenters. The Labute approximate surface area is 129 Å². The van der Waals surface area contributed by atoms with Gasteiger partial charge in [-0.3, -0.25) is 0 Å². The van der Waals surface area contributed by atoms with Crippen LogP contribution in [0.3, 0.4) is 0 Å². The first kappa shape index (κ1) is 18.1. The fourth-order valence-electron chi connectivity index (χ4n) is 3.57. The van der Waals surface area contributed by atoms with Crippen LogP contribution in [0.25, 0.3) is 0 Å². The summed E-state index contributed by atoms with van der Waals surface area (Å²) in [5, 5.41) is 0. The molecule has 0 amide bonds.